The van der Waals surface area contributed by atoms with Crippen molar-refractivity contribution in [2.24, 2.45) is 0 Å². The Morgan fingerprint density at radius 2 is 1.75 bits per heavy atom. The minimum absolute atomic E-state index is 0.571. The fourth-order valence-corrected chi connectivity index (χ4v) is 1.34. The Hall–Kier alpha value is -2.25. The lowest BCUT2D eigenvalue weighted by atomic mass is 10.1. The maximum Gasteiger partial charge on any atom is 0.165 e. The standard InChI is InChI=1S/C12H9N3O/c13-8-11(16)9-2-4-10(5-3-9)12-14-6-1-7-15-12/h1-7,11,16H. The van der Waals surface area contributed by atoms with Gasteiger partial charge in [-0.25, -0.2) is 9.97 Å². The summed E-state index contributed by atoms with van der Waals surface area (Å²) >= 11 is 0. The average molecular weight is 211 g/mol. The van der Waals surface area contributed by atoms with E-state index >= 15 is 0 Å². The molecule has 1 heterocycles. The first kappa shape index (κ1) is 10.3. The first-order chi connectivity index (χ1) is 7.81. The van der Waals surface area contributed by atoms with Gasteiger partial charge >= 0.3 is 0 Å². The summed E-state index contributed by atoms with van der Waals surface area (Å²) in [5, 5.41) is 17.8. The van der Waals surface area contributed by atoms with Crippen molar-refractivity contribution in [1.29, 1.82) is 5.26 Å². The first-order valence-electron chi connectivity index (χ1n) is 4.76. The highest BCUT2D eigenvalue weighted by Crippen LogP contribution is 2.18. The molecule has 1 atom stereocenters. The van der Waals surface area contributed by atoms with Crippen molar-refractivity contribution < 1.29 is 5.11 Å². The SMILES string of the molecule is N#CC(O)c1ccc(-c2ncccn2)cc1. The summed E-state index contributed by atoms with van der Waals surface area (Å²) in [6.07, 6.45) is 2.26. The van der Waals surface area contributed by atoms with Crippen LogP contribution in [-0.4, -0.2) is 15.1 Å². The number of aliphatic hydroxyl groups is 1. The van der Waals surface area contributed by atoms with E-state index in [1.165, 1.54) is 0 Å². The van der Waals surface area contributed by atoms with Crippen LogP contribution < -0.4 is 0 Å². The Bertz CT molecular complexity index is 502. The third kappa shape index (κ3) is 2.05. The van der Waals surface area contributed by atoms with Gasteiger partial charge in [-0.15, -0.1) is 0 Å². The Morgan fingerprint density at radius 1 is 1.12 bits per heavy atom. The molecule has 1 N–H and O–H groups in total. The van der Waals surface area contributed by atoms with Crippen LogP contribution in [0.1, 0.15) is 11.7 Å². The van der Waals surface area contributed by atoms with Gasteiger partial charge < -0.3 is 5.11 Å². The second kappa shape index (κ2) is 4.51. The smallest absolute Gasteiger partial charge is 0.165 e. The van der Waals surface area contributed by atoms with Gasteiger partial charge in [-0.05, 0) is 11.6 Å². The molecular formula is C12H9N3O. The predicted octanol–water partition coefficient (Wildman–Crippen LogP) is 1.70. The topological polar surface area (TPSA) is 69.8 Å². The molecule has 0 spiro atoms. The molecule has 0 bridgehead atoms. The summed E-state index contributed by atoms with van der Waals surface area (Å²) in [6, 6.07) is 10.5. The quantitative estimate of drug-likeness (QED) is 0.767. The lowest BCUT2D eigenvalue weighted by Gasteiger charge is -2.03. The highest BCUT2D eigenvalue weighted by molar-refractivity contribution is 5.55. The number of hydrogen-bond donors (Lipinski definition) is 1. The Morgan fingerprint density at radius 3 is 2.31 bits per heavy atom. The molecule has 0 aliphatic carbocycles. The molecule has 78 valence electrons. The van der Waals surface area contributed by atoms with E-state index in [1.54, 1.807) is 48.8 Å². The van der Waals surface area contributed by atoms with Crippen molar-refractivity contribution in [3.05, 3.63) is 48.3 Å². The number of hydrogen-bond acceptors (Lipinski definition) is 4. The van der Waals surface area contributed by atoms with Crippen LogP contribution in [0.3, 0.4) is 0 Å². The average Bonchev–Trinajstić information content (AvgIpc) is 2.39. The molecule has 0 saturated heterocycles. The van der Waals surface area contributed by atoms with Crippen molar-refractivity contribution >= 4 is 0 Å². The molecule has 0 amide bonds. The van der Waals surface area contributed by atoms with Crippen LogP contribution in [0.2, 0.25) is 0 Å². The minimum atomic E-state index is -1.08. The summed E-state index contributed by atoms with van der Waals surface area (Å²) in [5.41, 5.74) is 1.43. The Kier molecular flexibility index (Phi) is 2.90. The Labute approximate surface area is 92.8 Å². The van der Waals surface area contributed by atoms with Gasteiger partial charge in [0, 0.05) is 18.0 Å². The molecular weight excluding hydrogens is 202 g/mol. The second-order valence-electron chi connectivity index (χ2n) is 3.23. The molecule has 16 heavy (non-hydrogen) atoms. The molecule has 0 radical (unpaired) electrons. The van der Waals surface area contributed by atoms with E-state index in [4.69, 9.17) is 5.26 Å². The molecule has 2 rings (SSSR count). The van der Waals surface area contributed by atoms with Gasteiger partial charge in [0.1, 0.15) is 0 Å². The minimum Gasteiger partial charge on any atom is -0.374 e. The molecule has 4 heteroatoms. The van der Waals surface area contributed by atoms with Gasteiger partial charge in [0.05, 0.1) is 6.07 Å². The van der Waals surface area contributed by atoms with Crippen LogP contribution in [0.4, 0.5) is 0 Å². The maximum absolute atomic E-state index is 9.30. The van der Waals surface area contributed by atoms with Crippen molar-refractivity contribution in [3.8, 4) is 17.5 Å². The summed E-state index contributed by atoms with van der Waals surface area (Å²) in [7, 11) is 0. The lowest BCUT2D eigenvalue weighted by molar-refractivity contribution is 0.236. The van der Waals surface area contributed by atoms with Crippen LogP contribution >= 0.6 is 0 Å². The van der Waals surface area contributed by atoms with Gasteiger partial charge in [-0.3, -0.25) is 0 Å². The van der Waals surface area contributed by atoms with Crippen molar-refractivity contribution in [2.45, 2.75) is 6.10 Å². The van der Waals surface area contributed by atoms with E-state index in [2.05, 4.69) is 9.97 Å². The third-order valence-corrected chi connectivity index (χ3v) is 2.17. The summed E-state index contributed by atoms with van der Waals surface area (Å²) in [5.74, 6) is 0.625. The van der Waals surface area contributed by atoms with Crippen molar-refractivity contribution in [2.75, 3.05) is 0 Å². The van der Waals surface area contributed by atoms with Gasteiger partial charge in [-0.1, -0.05) is 24.3 Å². The monoisotopic (exact) mass is 211 g/mol. The van der Waals surface area contributed by atoms with E-state index in [0.29, 0.717) is 11.4 Å². The number of nitriles is 1. The zero-order valence-electron chi connectivity index (χ0n) is 8.41. The van der Waals surface area contributed by atoms with Crippen LogP contribution in [0.5, 0.6) is 0 Å². The fraction of sp³-hybridized carbons (Fsp3) is 0.0833. The fourth-order valence-electron chi connectivity index (χ4n) is 1.34. The molecule has 1 unspecified atom stereocenters. The van der Waals surface area contributed by atoms with E-state index in [0.717, 1.165) is 5.56 Å². The zero-order valence-corrected chi connectivity index (χ0v) is 8.41. The maximum atomic E-state index is 9.30. The molecule has 1 aromatic heterocycles. The Balaban J connectivity index is 2.31. The summed E-state index contributed by atoms with van der Waals surface area (Å²) in [4.78, 5) is 8.21. The van der Waals surface area contributed by atoms with Gasteiger partial charge in [-0.2, -0.15) is 5.26 Å². The van der Waals surface area contributed by atoms with Gasteiger partial charge in [0.25, 0.3) is 0 Å². The number of aliphatic hydroxyl groups excluding tert-OH is 1. The zero-order chi connectivity index (χ0) is 11.4. The number of benzene rings is 1. The molecule has 2 aromatic rings. The lowest BCUT2D eigenvalue weighted by Crippen LogP contribution is -1.93. The molecule has 4 nitrogen and oxygen atoms in total. The number of aromatic nitrogens is 2. The van der Waals surface area contributed by atoms with E-state index in [-0.39, 0.29) is 0 Å². The predicted molar refractivity (Wildman–Crippen MR) is 58.0 cm³/mol. The summed E-state index contributed by atoms with van der Waals surface area (Å²) < 4.78 is 0. The largest absolute Gasteiger partial charge is 0.374 e. The number of nitrogens with zero attached hydrogens (tertiary/aromatic N) is 3. The molecule has 1 aromatic carbocycles. The van der Waals surface area contributed by atoms with Crippen LogP contribution in [-0.2, 0) is 0 Å². The van der Waals surface area contributed by atoms with Crippen LogP contribution in [0.15, 0.2) is 42.7 Å². The molecule has 0 aliphatic heterocycles. The highest BCUT2D eigenvalue weighted by Gasteiger charge is 2.06. The highest BCUT2D eigenvalue weighted by atomic mass is 16.3. The van der Waals surface area contributed by atoms with E-state index in [1.807, 2.05) is 0 Å². The second-order valence-corrected chi connectivity index (χ2v) is 3.23. The van der Waals surface area contributed by atoms with Crippen LogP contribution in [0, 0.1) is 11.3 Å². The first-order valence-corrected chi connectivity index (χ1v) is 4.76. The number of rotatable bonds is 2. The van der Waals surface area contributed by atoms with E-state index < -0.39 is 6.10 Å². The van der Waals surface area contributed by atoms with E-state index in [9.17, 15) is 5.11 Å². The van der Waals surface area contributed by atoms with Crippen molar-refractivity contribution in [3.63, 3.8) is 0 Å². The van der Waals surface area contributed by atoms with Gasteiger partial charge in [0.15, 0.2) is 11.9 Å². The molecule has 0 saturated carbocycles. The van der Waals surface area contributed by atoms with Gasteiger partial charge in [0.2, 0.25) is 0 Å². The van der Waals surface area contributed by atoms with Crippen molar-refractivity contribution in [1.82, 2.24) is 9.97 Å². The normalized spacial score (nSPS) is 11.8. The molecule has 0 fully saturated rings. The third-order valence-electron chi connectivity index (χ3n) is 2.17. The van der Waals surface area contributed by atoms with Crippen LogP contribution in [0.25, 0.3) is 11.4 Å². The molecule has 0 aliphatic rings. The summed E-state index contributed by atoms with van der Waals surface area (Å²) in [6.45, 7) is 0.